The fourth-order valence-corrected chi connectivity index (χ4v) is 8.03. The Morgan fingerprint density at radius 2 is 1.53 bits per heavy atom. The summed E-state index contributed by atoms with van der Waals surface area (Å²) in [5, 5.41) is 14.9. The number of fused-ring (bicyclic) bond motifs is 3. The number of aryl methyl sites for hydroxylation is 1. The standard InChI is InChI=1S/C34H32NOS.C15H28O2.Ir/c1-20(2)15-29-21(3)25-12-11-23(18-30(25)36-29)32-19-27-31(37-32)13-14-35-33(27)24-16-22-9-7-8-10-26(22)28(17-24)34(4,5)6;1-7-14(5,8-2)12(16)11-13(17)15(6,9-3)10-4;/h7-14,17-20H,15H2,1-6H3;11,16H,7-10H2,1-6H3;/q-1;;/b;12-11-;. The summed E-state index contributed by atoms with van der Waals surface area (Å²) in [6, 6.07) is 25.6. The van der Waals surface area contributed by atoms with E-state index in [1.165, 1.54) is 48.5 Å². The molecule has 0 saturated carbocycles. The van der Waals surface area contributed by atoms with Gasteiger partial charge in [-0.25, -0.2) is 0 Å². The number of thiophene rings is 1. The Bertz CT molecular complexity index is 2290. The van der Waals surface area contributed by atoms with E-state index in [0.29, 0.717) is 5.92 Å². The Morgan fingerprint density at radius 3 is 2.15 bits per heavy atom. The Kier molecular flexibility index (Phi) is 14.2. The maximum atomic E-state index is 12.2. The van der Waals surface area contributed by atoms with Crippen LogP contribution in [0.2, 0.25) is 0 Å². The zero-order chi connectivity index (χ0) is 39.6. The van der Waals surface area contributed by atoms with E-state index in [4.69, 9.17) is 9.40 Å². The second-order valence-electron chi connectivity index (χ2n) is 17.0. The quantitative estimate of drug-likeness (QED) is 0.0799. The molecule has 6 aromatic rings. The molecule has 295 valence electrons. The van der Waals surface area contributed by atoms with Gasteiger partial charge >= 0.3 is 0 Å². The van der Waals surface area contributed by atoms with Gasteiger partial charge in [0.15, 0.2) is 5.78 Å². The first-order valence-electron chi connectivity index (χ1n) is 19.8. The zero-order valence-electron chi connectivity index (χ0n) is 35.0. The monoisotopic (exact) mass is 935 g/mol. The van der Waals surface area contributed by atoms with Crippen LogP contribution in [0.1, 0.15) is 119 Å². The number of hydrogen-bond acceptors (Lipinski definition) is 5. The summed E-state index contributed by atoms with van der Waals surface area (Å²) in [6.07, 6.45) is 7.64. The second-order valence-corrected chi connectivity index (χ2v) is 18.0. The number of aliphatic hydroxyl groups is 1. The number of allylic oxidation sites excluding steroid dienone is 2. The molecule has 3 aromatic heterocycles. The first kappa shape index (κ1) is 44.1. The molecule has 0 atom stereocenters. The maximum absolute atomic E-state index is 12.2. The SMILES string of the molecule is CCC(C)(CC)C(=O)/C=C(\O)C(C)(CC)CC.Cc1c(CC(C)C)oc2cc(-c3cc4c(-c5[c-]c6ccccc6c(C(C)(C)C)c5)nccc4s3)ccc12.[Ir]. The Labute approximate surface area is 347 Å². The molecule has 6 heteroatoms. The third-order valence-electron chi connectivity index (χ3n) is 11.8. The molecule has 3 heterocycles. The van der Waals surface area contributed by atoms with Crippen molar-refractivity contribution >= 4 is 48.9 Å². The smallest absolute Gasteiger partial charge is 0.164 e. The molecule has 0 amide bonds. The zero-order valence-corrected chi connectivity index (χ0v) is 38.2. The van der Waals surface area contributed by atoms with Crippen molar-refractivity contribution in [3.05, 3.63) is 102 Å². The molecule has 0 saturated heterocycles. The largest absolute Gasteiger partial charge is 0.512 e. The number of nitrogens with zero attached hydrogens (tertiary/aromatic N) is 1. The van der Waals surface area contributed by atoms with Crippen LogP contribution < -0.4 is 0 Å². The molecule has 1 radical (unpaired) electrons. The van der Waals surface area contributed by atoms with Crippen molar-refractivity contribution in [2.75, 3.05) is 0 Å². The molecule has 55 heavy (non-hydrogen) atoms. The minimum absolute atomic E-state index is 0. The van der Waals surface area contributed by atoms with Gasteiger partial charge in [0.1, 0.15) is 17.1 Å². The van der Waals surface area contributed by atoms with E-state index in [1.807, 2.05) is 59.1 Å². The molecular weight excluding hydrogens is 875 g/mol. The van der Waals surface area contributed by atoms with E-state index in [1.54, 1.807) is 0 Å². The first-order valence-corrected chi connectivity index (χ1v) is 20.6. The van der Waals surface area contributed by atoms with Gasteiger partial charge in [-0.1, -0.05) is 117 Å². The van der Waals surface area contributed by atoms with Crippen molar-refractivity contribution in [2.24, 2.45) is 16.7 Å². The van der Waals surface area contributed by atoms with Crippen molar-refractivity contribution in [1.29, 1.82) is 0 Å². The van der Waals surface area contributed by atoms with Crippen LogP contribution in [0.25, 0.3) is 53.5 Å². The van der Waals surface area contributed by atoms with E-state index in [-0.39, 0.29) is 47.9 Å². The summed E-state index contributed by atoms with van der Waals surface area (Å²) in [5.74, 6) is 1.96. The topological polar surface area (TPSA) is 63.3 Å². The average Bonchev–Trinajstić information content (AvgIpc) is 3.73. The van der Waals surface area contributed by atoms with Gasteiger partial charge < -0.3 is 9.52 Å². The Morgan fingerprint density at radius 1 is 0.873 bits per heavy atom. The molecular formula is C49H60IrNO3S-. The van der Waals surface area contributed by atoms with E-state index in [0.717, 1.165) is 60.1 Å². The summed E-state index contributed by atoms with van der Waals surface area (Å²) in [4.78, 5) is 18.3. The van der Waals surface area contributed by atoms with Gasteiger partial charge in [0.2, 0.25) is 0 Å². The van der Waals surface area contributed by atoms with Crippen LogP contribution in [0.15, 0.2) is 83.1 Å². The van der Waals surface area contributed by atoms with Crippen molar-refractivity contribution < 1.29 is 34.4 Å². The summed E-state index contributed by atoms with van der Waals surface area (Å²) < 4.78 is 7.54. The van der Waals surface area contributed by atoms with Gasteiger partial charge in [-0.3, -0.25) is 9.78 Å². The number of carbonyl (C=O) groups is 1. The molecule has 0 aliphatic heterocycles. The van der Waals surface area contributed by atoms with Crippen molar-refractivity contribution in [1.82, 2.24) is 4.98 Å². The summed E-state index contributed by atoms with van der Waals surface area (Å²) in [6.45, 7) is 25.5. The number of aliphatic hydroxyl groups excluding tert-OH is 1. The van der Waals surface area contributed by atoms with Crippen LogP contribution in [0.4, 0.5) is 0 Å². The van der Waals surface area contributed by atoms with E-state index >= 15 is 0 Å². The van der Waals surface area contributed by atoms with Crippen LogP contribution in [-0.2, 0) is 36.7 Å². The van der Waals surface area contributed by atoms with Gasteiger partial charge in [-0.2, -0.15) is 0 Å². The van der Waals surface area contributed by atoms with E-state index in [9.17, 15) is 9.90 Å². The summed E-state index contributed by atoms with van der Waals surface area (Å²) in [5.41, 5.74) is 6.19. The molecule has 0 aliphatic rings. The molecule has 1 N–H and O–H groups in total. The fourth-order valence-electron chi connectivity index (χ4n) is 6.98. The first-order chi connectivity index (χ1) is 25.5. The predicted octanol–water partition coefficient (Wildman–Crippen LogP) is 14.8. The van der Waals surface area contributed by atoms with Crippen molar-refractivity contribution in [2.45, 2.75) is 121 Å². The number of hydrogen-bond donors (Lipinski definition) is 1. The van der Waals surface area contributed by atoms with Crippen LogP contribution in [0.5, 0.6) is 0 Å². The molecule has 3 aromatic carbocycles. The van der Waals surface area contributed by atoms with Gasteiger partial charge in [0.25, 0.3) is 0 Å². The van der Waals surface area contributed by atoms with Crippen LogP contribution >= 0.6 is 11.3 Å². The molecule has 6 rings (SSSR count). The number of furan rings is 1. The van der Waals surface area contributed by atoms with Crippen LogP contribution in [0, 0.1) is 29.7 Å². The number of ketones is 1. The summed E-state index contributed by atoms with van der Waals surface area (Å²) >= 11 is 1.81. The second kappa shape index (κ2) is 17.7. The van der Waals surface area contributed by atoms with Crippen molar-refractivity contribution in [3.63, 3.8) is 0 Å². The molecule has 0 unspecified atom stereocenters. The molecule has 4 nitrogen and oxygen atoms in total. The number of carbonyl (C=O) groups excluding carboxylic acids is 1. The van der Waals surface area contributed by atoms with Gasteiger partial charge in [-0.05, 0) is 78.7 Å². The normalized spacial score (nSPS) is 12.6. The third-order valence-corrected chi connectivity index (χ3v) is 13.0. The van der Waals surface area contributed by atoms with Gasteiger partial charge in [0, 0.05) is 70.3 Å². The van der Waals surface area contributed by atoms with Crippen LogP contribution in [-0.4, -0.2) is 15.9 Å². The number of benzene rings is 3. The molecule has 0 bridgehead atoms. The molecule has 0 spiro atoms. The van der Waals surface area contributed by atoms with E-state index < -0.39 is 0 Å². The number of aromatic nitrogens is 1. The Balaban J connectivity index is 0.000000320. The van der Waals surface area contributed by atoms with E-state index in [2.05, 4.69) is 108 Å². The minimum Gasteiger partial charge on any atom is -0.512 e. The molecule has 0 fully saturated rings. The van der Waals surface area contributed by atoms with Gasteiger partial charge in [0.05, 0.1) is 0 Å². The number of pyridine rings is 1. The molecule has 0 aliphatic carbocycles. The maximum Gasteiger partial charge on any atom is 0.164 e. The van der Waals surface area contributed by atoms with Crippen LogP contribution in [0.3, 0.4) is 0 Å². The summed E-state index contributed by atoms with van der Waals surface area (Å²) in [7, 11) is 0. The van der Waals surface area contributed by atoms with Gasteiger partial charge in [-0.15, -0.1) is 40.5 Å². The fraction of sp³-hybridized carbons (Fsp3) is 0.429. The average molecular weight is 935 g/mol. The van der Waals surface area contributed by atoms with Crippen molar-refractivity contribution in [3.8, 4) is 21.7 Å². The predicted molar refractivity (Wildman–Crippen MR) is 232 cm³/mol. The Hall–Kier alpha value is -3.57. The minimum atomic E-state index is -0.337. The third kappa shape index (κ3) is 9.36. The number of rotatable bonds is 11.